The second-order valence-electron chi connectivity index (χ2n) is 27.3. The van der Waals surface area contributed by atoms with E-state index in [-0.39, 0.29) is 37.5 Å². The van der Waals surface area contributed by atoms with Crippen LogP contribution >= 0.6 is 0 Å². The van der Waals surface area contributed by atoms with Crippen molar-refractivity contribution in [3.63, 3.8) is 0 Å². The maximum atomic E-state index is 15.1. The Bertz CT molecular complexity index is 2470. The van der Waals surface area contributed by atoms with Crippen molar-refractivity contribution in [2.45, 2.75) is 242 Å². The van der Waals surface area contributed by atoms with Gasteiger partial charge in [0.2, 0.25) is 65.0 Å². The highest BCUT2D eigenvalue weighted by atomic mass is 16.6. The van der Waals surface area contributed by atoms with E-state index in [0.29, 0.717) is 19.3 Å². The fourth-order valence-electron chi connectivity index (χ4n) is 11.3. The quantitative estimate of drug-likeness (QED) is 0.122. The summed E-state index contributed by atoms with van der Waals surface area (Å²) >= 11 is 0. The average Bonchev–Trinajstić information content (AvgIpc) is 1.55. The first kappa shape index (κ1) is 81.4. The molecule has 0 saturated carbocycles. The molecule has 1 fully saturated rings. The van der Waals surface area contributed by atoms with Gasteiger partial charge in [0.15, 0.2) is 0 Å². The number of aliphatic hydroxyl groups excluding tert-OH is 1. The molecule has 26 heteroatoms. The minimum absolute atomic E-state index is 0.0344. The lowest BCUT2D eigenvalue weighted by Gasteiger charge is -2.42. The smallest absolute Gasteiger partial charge is 0.409 e. The molecule has 90 heavy (non-hydrogen) atoms. The molecular weight excluding hydrogens is 1160 g/mol. The molecule has 0 radical (unpaired) electrons. The lowest BCUT2D eigenvalue weighted by molar-refractivity contribution is -0.154. The minimum atomic E-state index is -1.68. The maximum absolute atomic E-state index is 15.1. The third kappa shape index (κ3) is 22.1. The van der Waals surface area contributed by atoms with Crippen LogP contribution in [0.1, 0.15) is 169 Å². The third-order valence-corrected chi connectivity index (χ3v) is 17.1. The number of nitrogens with zero attached hydrogens (tertiary/aromatic N) is 7. The molecule has 12 amide bonds. The predicted octanol–water partition coefficient (Wildman–Crippen LogP) is 2.97. The molecule has 1 aliphatic rings. The van der Waals surface area contributed by atoms with Gasteiger partial charge in [-0.3, -0.25) is 52.7 Å². The van der Waals surface area contributed by atoms with Crippen molar-refractivity contribution in [3.8, 4) is 0 Å². The second kappa shape index (κ2) is 36.4. The van der Waals surface area contributed by atoms with Gasteiger partial charge in [-0.05, 0) is 82.5 Å². The average molecular weight is 1280 g/mol. The van der Waals surface area contributed by atoms with Crippen LogP contribution in [0.25, 0.3) is 0 Å². The van der Waals surface area contributed by atoms with Crippen molar-refractivity contribution < 1.29 is 67.4 Å². The molecule has 13 atom stereocenters. The molecular formula is C64H116N12O14. The van der Waals surface area contributed by atoms with E-state index in [9.17, 15) is 53.1 Å². The normalized spacial score (nSPS) is 26.6. The van der Waals surface area contributed by atoms with Gasteiger partial charge in [0.05, 0.1) is 6.10 Å². The third-order valence-electron chi connectivity index (χ3n) is 17.1. The molecule has 0 bridgehead atoms. The Morgan fingerprint density at radius 2 is 1.02 bits per heavy atom. The van der Waals surface area contributed by atoms with Crippen molar-refractivity contribution in [1.29, 1.82) is 0 Å². The Morgan fingerprint density at radius 1 is 0.533 bits per heavy atom. The highest BCUT2D eigenvalue weighted by molar-refractivity contribution is 6.00. The van der Waals surface area contributed by atoms with Gasteiger partial charge in [-0.15, -0.1) is 0 Å². The SMILES string of the molecule is CCCC[C@@H](C)[C@@H](O)[C@@H]1NC(=O)[C@H](C(C)C)N(C)C(=O)[C@H](CC(C)C)N(C)C(=O)[C@H](CC(C)C)N(C)C(=O)[C@@H](C)NC(=O)[C@H](C)NC(=O)[C@H](CCC)N(C)C(=O)[C@H](C(C)C)NC(=O)[C@H](C(C)(C)COC(=O)N(C)C)N(C)C(=O)[C@@H](C)N(C)C(=O)[C@H](CC)NC1=O. The number of ether oxygens (including phenoxy) is 1. The van der Waals surface area contributed by atoms with Crippen LogP contribution < -0.4 is 26.6 Å². The van der Waals surface area contributed by atoms with E-state index in [1.807, 2.05) is 34.6 Å². The summed E-state index contributed by atoms with van der Waals surface area (Å²) in [6, 6.07) is -14.5. The summed E-state index contributed by atoms with van der Waals surface area (Å²) in [5.74, 6) is -10.4. The standard InChI is InChI=1S/C64H116N12O14/c1-26-29-31-39(12)50(77)48-54(80)67-43(28-3)59(85)71(20)42(15)58(84)76(25)51(64(16,17)34-90-63(89)70(18)19)56(82)68-47(37(8)9)62(88)72(21)44(30-27-2)53(79)65-40(13)52(78)66-41(14)57(83)73(22)45(32-35(4)5)60(86)74(23)46(33-36(6)7)61(87)75(24)49(38(10)11)55(81)69-48/h35-51,77H,26-34H2,1-25H3,(H,65,79)(H,66,78)(H,67,80)(H,68,82)(H,69,81)/t39-,40+,41-,42-,43+,44+,45+,46+,47+,48+,49+,50-,51-/m1/s1. The van der Waals surface area contributed by atoms with E-state index in [1.54, 1.807) is 62.3 Å². The summed E-state index contributed by atoms with van der Waals surface area (Å²) in [4.78, 5) is 183. The van der Waals surface area contributed by atoms with Crippen LogP contribution in [0.5, 0.6) is 0 Å². The lowest BCUT2D eigenvalue weighted by atomic mass is 9.83. The first-order chi connectivity index (χ1) is 41.5. The number of likely N-dealkylation sites (N-methyl/N-ethyl adjacent to an activating group) is 6. The predicted molar refractivity (Wildman–Crippen MR) is 343 cm³/mol. The summed E-state index contributed by atoms with van der Waals surface area (Å²) in [6.07, 6.45) is 0.368. The van der Waals surface area contributed by atoms with Crippen LogP contribution in [0.4, 0.5) is 4.79 Å². The van der Waals surface area contributed by atoms with Gasteiger partial charge in [0.1, 0.15) is 73.1 Å². The zero-order chi connectivity index (χ0) is 69.9. The highest BCUT2D eigenvalue weighted by Gasteiger charge is 2.47. The molecule has 1 saturated heterocycles. The number of aliphatic hydroxyl groups is 1. The van der Waals surface area contributed by atoms with E-state index < -0.39 is 173 Å². The first-order valence-corrected chi connectivity index (χ1v) is 32.1. The molecule has 0 unspecified atom stereocenters. The van der Waals surface area contributed by atoms with Gasteiger partial charge in [-0.25, -0.2) is 4.79 Å². The molecule has 0 aromatic heterocycles. The van der Waals surface area contributed by atoms with E-state index in [4.69, 9.17) is 4.74 Å². The van der Waals surface area contributed by atoms with E-state index in [0.717, 1.165) is 16.2 Å². The molecule has 0 aromatic carbocycles. The number of rotatable bonds is 17. The molecule has 1 heterocycles. The number of amides is 12. The van der Waals surface area contributed by atoms with Crippen molar-refractivity contribution in [2.24, 2.45) is 35.0 Å². The first-order valence-electron chi connectivity index (χ1n) is 32.1. The highest BCUT2D eigenvalue weighted by Crippen LogP contribution is 2.29. The fraction of sp³-hybridized carbons (Fsp3) is 0.812. The number of nitrogens with one attached hydrogen (secondary N) is 5. The summed E-state index contributed by atoms with van der Waals surface area (Å²) < 4.78 is 5.59. The second-order valence-corrected chi connectivity index (χ2v) is 27.3. The molecule has 0 aliphatic carbocycles. The molecule has 0 spiro atoms. The topological polar surface area (TPSA) is 317 Å². The van der Waals surface area contributed by atoms with Crippen molar-refractivity contribution in [3.05, 3.63) is 0 Å². The van der Waals surface area contributed by atoms with Crippen LogP contribution in [-0.4, -0.2) is 246 Å². The van der Waals surface area contributed by atoms with Crippen molar-refractivity contribution >= 4 is 71.1 Å². The fourth-order valence-corrected chi connectivity index (χ4v) is 11.3. The van der Waals surface area contributed by atoms with E-state index in [2.05, 4.69) is 26.6 Å². The van der Waals surface area contributed by atoms with E-state index >= 15 is 9.59 Å². The Hall–Kier alpha value is -6.60. The minimum Gasteiger partial charge on any atom is -0.449 e. The molecule has 6 N–H and O–H groups in total. The molecule has 1 rings (SSSR count). The molecule has 0 aromatic rings. The van der Waals surface area contributed by atoms with Gasteiger partial charge in [0.25, 0.3) is 0 Å². The molecule has 26 nitrogen and oxygen atoms in total. The monoisotopic (exact) mass is 1280 g/mol. The van der Waals surface area contributed by atoms with Gasteiger partial charge in [0, 0.05) is 61.8 Å². The van der Waals surface area contributed by atoms with Crippen LogP contribution in [0.15, 0.2) is 0 Å². The van der Waals surface area contributed by atoms with Crippen LogP contribution in [0.2, 0.25) is 0 Å². The van der Waals surface area contributed by atoms with Gasteiger partial charge in [-0.2, -0.15) is 0 Å². The zero-order valence-electron chi connectivity index (χ0n) is 59.1. The summed E-state index contributed by atoms with van der Waals surface area (Å²) in [6.45, 7) is 28.3. The van der Waals surface area contributed by atoms with Crippen molar-refractivity contribution in [2.75, 3.05) is 63.0 Å². The molecule has 516 valence electrons. The Labute approximate surface area is 537 Å². The number of carbonyl (C=O) groups excluding carboxylic acids is 12. The summed E-state index contributed by atoms with van der Waals surface area (Å²) in [5.41, 5.74) is -1.40. The number of hydrogen-bond donors (Lipinski definition) is 6. The number of hydrogen-bond acceptors (Lipinski definition) is 14. The van der Waals surface area contributed by atoms with Gasteiger partial charge < -0.3 is 70.7 Å². The van der Waals surface area contributed by atoms with Gasteiger partial charge >= 0.3 is 6.09 Å². The van der Waals surface area contributed by atoms with Crippen LogP contribution in [0, 0.1) is 35.0 Å². The summed E-state index contributed by atoms with van der Waals surface area (Å²) in [5, 5.41) is 25.6. The van der Waals surface area contributed by atoms with Crippen LogP contribution in [0.3, 0.4) is 0 Å². The largest absolute Gasteiger partial charge is 0.449 e. The number of unbranched alkanes of at least 4 members (excludes halogenated alkanes) is 1. The van der Waals surface area contributed by atoms with E-state index in [1.165, 1.54) is 102 Å². The lowest BCUT2D eigenvalue weighted by Crippen LogP contribution is -2.64. The zero-order valence-corrected chi connectivity index (χ0v) is 59.1. The Kier molecular flexibility index (Phi) is 33.0. The van der Waals surface area contributed by atoms with Crippen LogP contribution in [-0.2, 0) is 57.5 Å². The Morgan fingerprint density at radius 3 is 1.49 bits per heavy atom. The summed E-state index contributed by atoms with van der Waals surface area (Å²) in [7, 11) is 11.3. The maximum Gasteiger partial charge on any atom is 0.409 e. The molecule has 1 aliphatic heterocycles. The van der Waals surface area contributed by atoms with Crippen molar-refractivity contribution in [1.82, 2.24) is 60.9 Å². The van der Waals surface area contributed by atoms with Gasteiger partial charge in [-0.1, -0.05) is 116 Å². The number of carbonyl (C=O) groups is 12. The Balaban J connectivity index is 4.42.